The van der Waals surface area contributed by atoms with Crippen molar-refractivity contribution in [2.24, 2.45) is 0 Å². The standard InChI is InChI=1S/C9H8N4O2S/c1-5-2-6(3-16-5)7-8(13(14)15)9(10)12-4-11-7/h2-4H,1H3,(H2,10,11,12). The Balaban J connectivity index is 2.65. The summed E-state index contributed by atoms with van der Waals surface area (Å²) in [6, 6.07) is 1.83. The van der Waals surface area contributed by atoms with Crippen LogP contribution in [0.15, 0.2) is 17.8 Å². The summed E-state index contributed by atoms with van der Waals surface area (Å²) < 4.78 is 0. The van der Waals surface area contributed by atoms with E-state index in [-0.39, 0.29) is 17.2 Å². The average molecular weight is 236 g/mol. The van der Waals surface area contributed by atoms with Gasteiger partial charge in [0.15, 0.2) is 5.69 Å². The third-order valence-electron chi connectivity index (χ3n) is 2.04. The van der Waals surface area contributed by atoms with E-state index in [0.29, 0.717) is 5.56 Å². The van der Waals surface area contributed by atoms with Crippen LogP contribution in [0, 0.1) is 17.0 Å². The number of aryl methyl sites for hydroxylation is 1. The van der Waals surface area contributed by atoms with Crippen molar-refractivity contribution in [3.8, 4) is 11.3 Å². The predicted octanol–water partition coefficient (Wildman–Crippen LogP) is 2.00. The molecular weight excluding hydrogens is 228 g/mol. The van der Waals surface area contributed by atoms with Crippen molar-refractivity contribution in [1.29, 1.82) is 0 Å². The lowest BCUT2D eigenvalue weighted by Gasteiger charge is -2.00. The number of rotatable bonds is 2. The zero-order valence-electron chi connectivity index (χ0n) is 8.38. The van der Waals surface area contributed by atoms with E-state index in [9.17, 15) is 10.1 Å². The molecular formula is C9H8N4O2S. The van der Waals surface area contributed by atoms with E-state index in [1.165, 1.54) is 17.7 Å². The summed E-state index contributed by atoms with van der Waals surface area (Å²) in [5.74, 6) is -0.112. The van der Waals surface area contributed by atoms with E-state index >= 15 is 0 Å². The van der Waals surface area contributed by atoms with Crippen LogP contribution in [0.3, 0.4) is 0 Å². The zero-order valence-corrected chi connectivity index (χ0v) is 9.19. The molecule has 0 amide bonds. The second-order valence-electron chi connectivity index (χ2n) is 3.16. The minimum absolute atomic E-state index is 0.112. The molecule has 0 aliphatic heterocycles. The Morgan fingerprint density at radius 2 is 2.25 bits per heavy atom. The molecule has 0 saturated heterocycles. The summed E-state index contributed by atoms with van der Waals surface area (Å²) in [5.41, 5.74) is 6.20. The van der Waals surface area contributed by atoms with E-state index in [2.05, 4.69) is 9.97 Å². The van der Waals surface area contributed by atoms with Gasteiger partial charge in [-0.15, -0.1) is 11.3 Å². The van der Waals surface area contributed by atoms with Crippen LogP contribution in [0.1, 0.15) is 4.88 Å². The normalized spacial score (nSPS) is 10.3. The van der Waals surface area contributed by atoms with Crippen LogP contribution in [0.5, 0.6) is 0 Å². The van der Waals surface area contributed by atoms with Crippen molar-refractivity contribution in [1.82, 2.24) is 9.97 Å². The lowest BCUT2D eigenvalue weighted by Crippen LogP contribution is -2.02. The lowest BCUT2D eigenvalue weighted by molar-refractivity contribution is -0.383. The number of nitrogens with two attached hydrogens (primary N) is 1. The van der Waals surface area contributed by atoms with Gasteiger partial charge in [-0.05, 0) is 13.0 Å². The van der Waals surface area contributed by atoms with Crippen molar-refractivity contribution >= 4 is 22.8 Å². The Morgan fingerprint density at radius 1 is 1.50 bits per heavy atom. The highest BCUT2D eigenvalue weighted by Crippen LogP contribution is 2.33. The van der Waals surface area contributed by atoms with E-state index in [1.54, 1.807) is 0 Å². The molecule has 0 spiro atoms. The minimum atomic E-state index is -0.558. The molecule has 6 nitrogen and oxygen atoms in total. The third kappa shape index (κ3) is 1.72. The fourth-order valence-electron chi connectivity index (χ4n) is 1.35. The first-order valence-corrected chi connectivity index (χ1v) is 5.28. The van der Waals surface area contributed by atoms with Crippen molar-refractivity contribution in [3.05, 3.63) is 32.8 Å². The summed E-state index contributed by atoms with van der Waals surface area (Å²) in [5, 5.41) is 12.7. The van der Waals surface area contributed by atoms with Crippen molar-refractivity contribution in [3.63, 3.8) is 0 Å². The summed E-state index contributed by atoms with van der Waals surface area (Å²) in [6.45, 7) is 1.92. The number of nitrogen functional groups attached to an aromatic ring is 1. The van der Waals surface area contributed by atoms with E-state index < -0.39 is 4.92 Å². The number of aromatic nitrogens is 2. The van der Waals surface area contributed by atoms with Gasteiger partial charge in [0, 0.05) is 15.8 Å². The quantitative estimate of drug-likeness (QED) is 0.635. The number of hydrogen-bond acceptors (Lipinski definition) is 6. The van der Waals surface area contributed by atoms with Gasteiger partial charge in [0.2, 0.25) is 5.82 Å². The first-order chi connectivity index (χ1) is 7.59. The van der Waals surface area contributed by atoms with Gasteiger partial charge in [-0.25, -0.2) is 9.97 Å². The molecule has 16 heavy (non-hydrogen) atoms. The van der Waals surface area contributed by atoms with Crippen LogP contribution in [-0.2, 0) is 0 Å². The molecule has 0 radical (unpaired) electrons. The minimum Gasteiger partial charge on any atom is -0.378 e. The molecule has 0 aromatic carbocycles. The highest BCUT2D eigenvalue weighted by molar-refractivity contribution is 7.10. The van der Waals surface area contributed by atoms with E-state index in [0.717, 1.165) is 4.88 Å². The summed E-state index contributed by atoms with van der Waals surface area (Å²) in [4.78, 5) is 18.9. The van der Waals surface area contributed by atoms with Crippen LogP contribution in [0.25, 0.3) is 11.3 Å². The third-order valence-corrected chi connectivity index (χ3v) is 2.90. The molecule has 2 heterocycles. The summed E-state index contributed by atoms with van der Waals surface area (Å²) >= 11 is 1.50. The zero-order chi connectivity index (χ0) is 11.7. The molecule has 0 fully saturated rings. The molecule has 2 rings (SSSR count). The fourth-order valence-corrected chi connectivity index (χ4v) is 2.04. The average Bonchev–Trinajstić information content (AvgIpc) is 2.63. The topological polar surface area (TPSA) is 94.9 Å². The molecule has 0 saturated carbocycles. The largest absolute Gasteiger partial charge is 0.378 e. The second-order valence-corrected chi connectivity index (χ2v) is 4.27. The van der Waals surface area contributed by atoms with Crippen LogP contribution < -0.4 is 5.73 Å². The number of hydrogen-bond donors (Lipinski definition) is 1. The van der Waals surface area contributed by atoms with Crippen molar-refractivity contribution in [2.75, 3.05) is 5.73 Å². The summed E-state index contributed by atoms with van der Waals surface area (Å²) in [7, 11) is 0. The van der Waals surface area contributed by atoms with Crippen molar-refractivity contribution in [2.45, 2.75) is 6.92 Å². The van der Waals surface area contributed by atoms with Gasteiger partial charge < -0.3 is 5.73 Å². The van der Waals surface area contributed by atoms with Crippen LogP contribution in [0.2, 0.25) is 0 Å². The SMILES string of the molecule is Cc1cc(-c2ncnc(N)c2[N+](=O)[O-])cs1. The van der Waals surface area contributed by atoms with Crippen LogP contribution >= 0.6 is 11.3 Å². The Hall–Kier alpha value is -2.02. The molecule has 0 bridgehead atoms. The maximum Gasteiger partial charge on any atom is 0.337 e. The first-order valence-electron chi connectivity index (χ1n) is 4.40. The highest BCUT2D eigenvalue weighted by atomic mass is 32.1. The van der Waals surface area contributed by atoms with Gasteiger partial charge in [-0.1, -0.05) is 0 Å². The molecule has 0 aliphatic rings. The molecule has 2 aromatic heterocycles. The molecule has 2 aromatic rings. The van der Waals surface area contributed by atoms with Crippen LogP contribution in [-0.4, -0.2) is 14.9 Å². The molecule has 0 unspecified atom stereocenters. The first kappa shape index (κ1) is 10.5. The molecule has 2 N–H and O–H groups in total. The van der Waals surface area contributed by atoms with E-state index in [1.807, 2.05) is 18.4 Å². The smallest absolute Gasteiger partial charge is 0.337 e. The van der Waals surface area contributed by atoms with E-state index in [4.69, 9.17) is 5.73 Å². The summed E-state index contributed by atoms with van der Waals surface area (Å²) in [6.07, 6.45) is 1.23. The predicted molar refractivity (Wildman–Crippen MR) is 61.1 cm³/mol. The van der Waals surface area contributed by atoms with Gasteiger partial charge >= 0.3 is 5.69 Å². The Morgan fingerprint density at radius 3 is 2.81 bits per heavy atom. The monoisotopic (exact) mass is 236 g/mol. The maximum atomic E-state index is 10.9. The van der Waals surface area contributed by atoms with Gasteiger partial charge in [-0.3, -0.25) is 10.1 Å². The van der Waals surface area contributed by atoms with Crippen LogP contribution in [0.4, 0.5) is 11.5 Å². The number of nitro groups is 1. The number of anilines is 1. The Kier molecular flexibility index (Phi) is 2.53. The Labute approximate surface area is 94.9 Å². The Bertz CT molecular complexity index is 552. The van der Waals surface area contributed by atoms with Gasteiger partial charge in [-0.2, -0.15) is 0 Å². The molecule has 0 aliphatic carbocycles. The molecule has 7 heteroatoms. The van der Waals surface area contributed by atoms with Gasteiger partial charge in [0.25, 0.3) is 0 Å². The van der Waals surface area contributed by atoms with Crippen molar-refractivity contribution < 1.29 is 4.92 Å². The number of nitrogens with zero attached hydrogens (tertiary/aromatic N) is 3. The second kappa shape index (κ2) is 3.86. The van der Waals surface area contributed by atoms with Gasteiger partial charge in [0.05, 0.1) is 4.92 Å². The lowest BCUT2D eigenvalue weighted by atomic mass is 10.2. The maximum absolute atomic E-state index is 10.9. The molecule has 82 valence electrons. The fraction of sp³-hybridized carbons (Fsp3) is 0.111. The van der Waals surface area contributed by atoms with Gasteiger partial charge in [0.1, 0.15) is 6.33 Å². The number of thiophene rings is 1. The highest BCUT2D eigenvalue weighted by Gasteiger charge is 2.22. The molecule has 0 atom stereocenters.